The van der Waals surface area contributed by atoms with Crippen molar-refractivity contribution in [1.29, 1.82) is 0 Å². The smallest absolute Gasteiger partial charge is 0.426 e. The molecule has 3 aromatic carbocycles. The zero-order valence-corrected chi connectivity index (χ0v) is 18.7. The van der Waals surface area contributed by atoms with E-state index in [1.54, 1.807) is 6.20 Å². The van der Waals surface area contributed by atoms with Gasteiger partial charge < -0.3 is 9.39 Å². The number of nitrogens with zero attached hydrogens (tertiary/aromatic N) is 2. The minimum Gasteiger partial charge on any atom is -0.550 e. The zero-order chi connectivity index (χ0) is 22.1. The molecule has 4 aromatic rings. The lowest BCUT2D eigenvalue weighted by Crippen LogP contribution is -2.47. The standard InChI is InChI=1S/C26H22BClN2O2/c1-26(2)17-31-25(30-26)19-8-3-10-20(15-19)27(21-11-5-12-22(28)16-21)32-23-13-4-7-18-9-6-14-29-24(18)23/h3-16H,17H2,1-2H3. The first-order valence-corrected chi connectivity index (χ1v) is 11.0. The topological polar surface area (TPSA) is 43.7 Å². The highest BCUT2D eigenvalue weighted by Gasteiger charge is 2.29. The Labute approximate surface area is 193 Å². The van der Waals surface area contributed by atoms with Gasteiger partial charge in [-0.2, -0.15) is 0 Å². The summed E-state index contributed by atoms with van der Waals surface area (Å²) in [7, 11) is 0. The van der Waals surface area contributed by atoms with Gasteiger partial charge in [-0.05, 0) is 55.1 Å². The van der Waals surface area contributed by atoms with Crippen LogP contribution in [0.1, 0.15) is 19.4 Å². The van der Waals surface area contributed by atoms with E-state index >= 15 is 0 Å². The second kappa shape index (κ2) is 8.32. The fraction of sp³-hybridized carbons (Fsp3) is 0.154. The number of fused-ring (bicyclic) bond motifs is 1. The van der Waals surface area contributed by atoms with E-state index in [1.807, 2.05) is 72.8 Å². The summed E-state index contributed by atoms with van der Waals surface area (Å²) in [6, 6.07) is 25.8. The number of aromatic nitrogens is 1. The lowest BCUT2D eigenvalue weighted by Gasteiger charge is -2.18. The molecular weight excluding hydrogens is 419 g/mol. The SMILES string of the molecule is CC1(C)COC(c2cccc(B(Oc3cccc4cccnc34)c3cccc(Cl)c3)c2)=N1. The third-order valence-electron chi connectivity index (χ3n) is 5.39. The van der Waals surface area contributed by atoms with Crippen LogP contribution in [0.4, 0.5) is 0 Å². The Kier molecular flexibility index (Phi) is 5.36. The summed E-state index contributed by atoms with van der Waals surface area (Å²) >= 11 is 6.33. The van der Waals surface area contributed by atoms with Crippen LogP contribution in [0, 0.1) is 0 Å². The van der Waals surface area contributed by atoms with Crippen molar-refractivity contribution in [2.45, 2.75) is 19.4 Å². The maximum atomic E-state index is 6.61. The van der Waals surface area contributed by atoms with Gasteiger partial charge >= 0.3 is 6.92 Å². The Hall–Kier alpha value is -3.31. The lowest BCUT2D eigenvalue weighted by molar-refractivity contribution is 0.279. The highest BCUT2D eigenvalue weighted by molar-refractivity contribution is 6.80. The van der Waals surface area contributed by atoms with Crippen LogP contribution in [0.2, 0.25) is 5.02 Å². The third-order valence-corrected chi connectivity index (χ3v) is 5.63. The van der Waals surface area contributed by atoms with E-state index in [-0.39, 0.29) is 12.5 Å². The molecule has 2 heterocycles. The molecule has 6 heteroatoms. The minimum absolute atomic E-state index is 0.219. The summed E-state index contributed by atoms with van der Waals surface area (Å²) in [4.78, 5) is 9.27. The van der Waals surface area contributed by atoms with Crippen molar-refractivity contribution >= 4 is 46.2 Å². The molecule has 1 aliphatic rings. The fourth-order valence-corrected chi connectivity index (χ4v) is 4.06. The van der Waals surface area contributed by atoms with Crippen molar-refractivity contribution in [3.63, 3.8) is 0 Å². The first-order chi connectivity index (χ1) is 15.5. The van der Waals surface area contributed by atoms with Gasteiger partial charge in [-0.3, -0.25) is 4.98 Å². The van der Waals surface area contributed by atoms with Gasteiger partial charge in [-0.15, -0.1) is 0 Å². The number of pyridine rings is 1. The van der Waals surface area contributed by atoms with Gasteiger partial charge in [-0.25, -0.2) is 4.99 Å². The van der Waals surface area contributed by atoms with Gasteiger partial charge in [0.05, 0.1) is 5.54 Å². The van der Waals surface area contributed by atoms with Crippen LogP contribution in [0.15, 0.2) is 90.1 Å². The molecule has 0 unspecified atom stereocenters. The normalized spacial score (nSPS) is 14.7. The van der Waals surface area contributed by atoms with Crippen LogP contribution < -0.4 is 15.6 Å². The van der Waals surface area contributed by atoms with Crippen molar-refractivity contribution in [3.8, 4) is 5.75 Å². The molecule has 0 atom stereocenters. The highest BCUT2D eigenvalue weighted by Crippen LogP contribution is 2.24. The number of ether oxygens (including phenoxy) is 1. The predicted molar refractivity (Wildman–Crippen MR) is 132 cm³/mol. The number of halogens is 1. The van der Waals surface area contributed by atoms with Crippen LogP contribution in [0.25, 0.3) is 10.9 Å². The number of benzene rings is 3. The molecule has 0 saturated heterocycles. The Morgan fingerprint density at radius 1 is 0.938 bits per heavy atom. The fourth-order valence-electron chi connectivity index (χ4n) is 3.86. The van der Waals surface area contributed by atoms with Crippen molar-refractivity contribution in [1.82, 2.24) is 4.98 Å². The molecular formula is C26H22BClN2O2. The Morgan fingerprint density at radius 3 is 2.47 bits per heavy atom. The molecule has 1 aliphatic heterocycles. The second-order valence-electron chi connectivity index (χ2n) is 8.53. The first kappa shape index (κ1) is 20.6. The molecule has 0 radical (unpaired) electrons. The van der Waals surface area contributed by atoms with Gasteiger partial charge in [0, 0.05) is 22.2 Å². The monoisotopic (exact) mass is 440 g/mol. The molecule has 0 amide bonds. The lowest BCUT2D eigenvalue weighted by atomic mass is 9.55. The van der Waals surface area contributed by atoms with Crippen molar-refractivity contribution in [2.75, 3.05) is 6.61 Å². The minimum atomic E-state index is -0.378. The van der Waals surface area contributed by atoms with Crippen molar-refractivity contribution in [2.24, 2.45) is 4.99 Å². The molecule has 5 rings (SSSR count). The average Bonchev–Trinajstić information content (AvgIpc) is 3.17. The maximum absolute atomic E-state index is 6.61. The summed E-state index contributed by atoms with van der Waals surface area (Å²) in [5.41, 5.74) is 3.47. The van der Waals surface area contributed by atoms with Gasteiger partial charge in [0.25, 0.3) is 0 Å². The van der Waals surface area contributed by atoms with Crippen LogP contribution in [-0.2, 0) is 4.74 Å². The molecule has 0 N–H and O–H groups in total. The predicted octanol–water partition coefficient (Wildman–Crippen LogP) is 4.63. The van der Waals surface area contributed by atoms with E-state index < -0.39 is 0 Å². The molecule has 4 nitrogen and oxygen atoms in total. The van der Waals surface area contributed by atoms with Crippen LogP contribution in [0.5, 0.6) is 5.75 Å². The first-order valence-electron chi connectivity index (χ1n) is 10.6. The summed E-state index contributed by atoms with van der Waals surface area (Å²) in [6.07, 6.45) is 1.78. The molecule has 0 saturated carbocycles. The summed E-state index contributed by atoms with van der Waals surface area (Å²) in [5.74, 6) is 1.38. The maximum Gasteiger partial charge on any atom is 0.426 e. The third kappa shape index (κ3) is 4.21. The second-order valence-corrected chi connectivity index (χ2v) is 8.96. The number of hydrogen-bond donors (Lipinski definition) is 0. The van der Waals surface area contributed by atoms with E-state index in [2.05, 4.69) is 24.9 Å². The van der Waals surface area contributed by atoms with E-state index in [0.29, 0.717) is 23.3 Å². The summed E-state index contributed by atoms with van der Waals surface area (Å²) in [6.45, 7) is 4.32. The van der Waals surface area contributed by atoms with Crippen molar-refractivity contribution in [3.05, 3.63) is 95.6 Å². The molecule has 0 bridgehead atoms. The van der Waals surface area contributed by atoms with Crippen LogP contribution >= 0.6 is 11.6 Å². The van der Waals surface area contributed by atoms with E-state index in [4.69, 9.17) is 26.0 Å². The Bertz CT molecular complexity index is 1320. The van der Waals surface area contributed by atoms with Crippen LogP contribution in [-0.4, -0.2) is 29.9 Å². The summed E-state index contributed by atoms with van der Waals surface area (Å²) < 4.78 is 12.5. The highest BCUT2D eigenvalue weighted by atomic mass is 35.5. The molecule has 158 valence electrons. The van der Waals surface area contributed by atoms with E-state index in [1.165, 1.54) is 0 Å². The largest absolute Gasteiger partial charge is 0.550 e. The molecule has 0 fully saturated rings. The average molecular weight is 441 g/mol. The number of hydrogen-bond acceptors (Lipinski definition) is 4. The molecule has 0 aliphatic carbocycles. The Morgan fingerprint density at radius 2 is 1.69 bits per heavy atom. The van der Waals surface area contributed by atoms with Gasteiger partial charge in [0.2, 0.25) is 5.90 Å². The Balaban J connectivity index is 1.59. The van der Waals surface area contributed by atoms with Gasteiger partial charge in [0.15, 0.2) is 0 Å². The zero-order valence-electron chi connectivity index (χ0n) is 18.0. The number of para-hydroxylation sites is 1. The van der Waals surface area contributed by atoms with E-state index in [0.717, 1.165) is 27.4 Å². The molecule has 0 spiro atoms. The quantitative estimate of drug-likeness (QED) is 0.425. The summed E-state index contributed by atoms with van der Waals surface area (Å²) in [5, 5.41) is 1.69. The van der Waals surface area contributed by atoms with Crippen molar-refractivity contribution < 1.29 is 9.39 Å². The van der Waals surface area contributed by atoms with Gasteiger partial charge in [-0.1, -0.05) is 60.1 Å². The van der Waals surface area contributed by atoms with E-state index in [9.17, 15) is 0 Å². The van der Waals surface area contributed by atoms with Crippen LogP contribution in [0.3, 0.4) is 0 Å². The number of aliphatic imine (C=N–C) groups is 1. The molecule has 1 aromatic heterocycles. The molecule has 32 heavy (non-hydrogen) atoms. The van der Waals surface area contributed by atoms with Gasteiger partial charge in [0.1, 0.15) is 17.9 Å². The number of rotatable bonds is 5.